The summed E-state index contributed by atoms with van der Waals surface area (Å²) < 4.78 is 12.9. The Balaban J connectivity index is 1.52. The summed E-state index contributed by atoms with van der Waals surface area (Å²) >= 11 is 0. The average molecular weight is 524 g/mol. The van der Waals surface area contributed by atoms with E-state index in [2.05, 4.69) is 25.7 Å². The van der Waals surface area contributed by atoms with Gasteiger partial charge in [-0.15, -0.1) is 0 Å². The van der Waals surface area contributed by atoms with Crippen LogP contribution in [0.2, 0.25) is 0 Å². The number of pyridine rings is 1. The fourth-order valence-electron chi connectivity index (χ4n) is 4.25. The molecule has 0 radical (unpaired) electrons. The van der Waals surface area contributed by atoms with Gasteiger partial charge in [-0.2, -0.15) is 9.61 Å². The topological polar surface area (TPSA) is 143 Å². The van der Waals surface area contributed by atoms with E-state index < -0.39 is 17.8 Å². The molecule has 2 amide bonds. The van der Waals surface area contributed by atoms with Crippen molar-refractivity contribution >= 4 is 35.0 Å². The summed E-state index contributed by atoms with van der Waals surface area (Å²) in [5.74, 6) is 0.803. The maximum Gasteiger partial charge on any atom is 0.415 e. The van der Waals surface area contributed by atoms with Crippen LogP contribution in [0.1, 0.15) is 63.2 Å². The Labute approximate surface area is 220 Å². The number of aliphatic hydroxyl groups excluding tert-OH is 1. The van der Waals surface area contributed by atoms with Gasteiger partial charge in [-0.25, -0.2) is 14.8 Å². The molecule has 2 saturated carbocycles. The van der Waals surface area contributed by atoms with Crippen LogP contribution in [0.4, 0.5) is 22.1 Å². The van der Waals surface area contributed by atoms with Crippen LogP contribution in [0, 0.1) is 0 Å². The van der Waals surface area contributed by atoms with Crippen molar-refractivity contribution in [1.29, 1.82) is 0 Å². The second-order valence-electron chi connectivity index (χ2n) is 10.8. The summed E-state index contributed by atoms with van der Waals surface area (Å²) in [7, 11) is 1.57. The predicted molar refractivity (Wildman–Crippen MR) is 140 cm³/mol. The Morgan fingerprint density at radius 2 is 2.00 bits per heavy atom. The van der Waals surface area contributed by atoms with Crippen molar-refractivity contribution < 1.29 is 24.2 Å². The lowest BCUT2D eigenvalue weighted by Crippen LogP contribution is -2.35. The minimum Gasteiger partial charge on any atom is -0.473 e. The van der Waals surface area contributed by atoms with Gasteiger partial charge in [0.05, 0.1) is 12.3 Å². The van der Waals surface area contributed by atoms with E-state index in [1.807, 2.05) is 6.07 Å². The van der Waals surface area contributed by atoms with Crippen LogP contribution >= 0.6 is 0 Å². The molecular weight excluding hydrogens is 490 g/mol. The van der Waals surface area contributed by atoms with Gasteiger partial charge in [0.2, 0.25) is 5.88 Å². The molecule has 3 aromatic rings. The molecule has 2 fully saturated rings. The number of carbonyl (C=O) groups excluding carboxylic acids is 2. The summed E-state index contributed by atoms with van der Waals surface area (Å²) in [6, 6.07) is 5.12. The van der Waals surface area contributed by atoms with Gasteiger partial charge in [0.25, 0.3) is 5.91 Å². The van der Waals surface area contributed by atoms with E-state index in [4.69, 9.17) is 9.47 Å². The molecule has 2 aliphatic rings. The third kappa shape index (κ3) is 5.80. The van der Waals surface area contributed by atoms with Crippen LogP contribution in [0.15, 0.2) is 30.6 Å². The van der Waals surface area contributed by atoms with Crippen LogP contribution < -0.4 is 20.3 Å². The number of hydrogen-bond acceptors (Lipinski definition) is 9. The molecular formula is C26H33N7O5. The zero-order valence-corrected chi connectivity index (χ0v) is 22.0. The third-order valence-corrected chi connectivity index (χ3v) is 6.29. The number of ether oxygens (including phenoxy) is 2. The lowest BCUT2D eigenvalue weighted by atomic mass is 10.2. The van der Waals surface area contributed by atoms with Gasteiger partial charge in [-0.3, -0.25) is 9.69 Å². The Bertz CT molecular complexity index is 1350. The van der Waals surface area contributed by atoms with E-state index in [0.29, 0.717) is 42.5 Å². The molecule has 2 atom stereocenters. The number of nitrogens with one attached hydrogen (secondary N) is 2. The summed E-state index contributed by atoms with van der Waals surface area (Å²) in [5, 5.41) is 20.4. The van der Waals surface area contributed by atoms with Crippen LogP contribution in [0.3, 0.4) is 0 Å². The zero-order chi connectivity index (χ0) is 27.0. The SMILES string of the molecule is CN(C(=O)OC(C)(C)C)c1cc(Nc2cccnc2OC2CC2)nc2c(C(=O)NC3CC[C@H](O)C3)cnn12. The fourth-order valence-corrected chi connectivity index (χ4v) is 4.25. The van der Waals surface area contributed by atoms with Crippen LogP contribution in [0.5, 0.6) is 5.88 Å². The molecule has 3 N–H and O–H groups in total. The van der Waals surface area contributed by atoms with Gasteiger partial charge < -0.3 is 25.2 Å². The first-order chi connectivity index (χ1) is 18.1. The van der Waals surface area contributed by atoms with E-state index in [9.17, 15) is 14.7 Å². The number of aromatic nitrogens is 4. The normalized spacial score (nSPS) is 19.3. The van der Waals surface area contributed by atoms with E-state index in [-0.39, 0.29) is 29.3 Å². The summed E-state index contributed by atoms with van der Waals surface area (Å²) in [6.07, 6.45) is 6.03. The molecule has 2 aliphatic carbocycles. The molecule has 5 rings (SSSR count). The quantitative estimate of drug-likeness (QED) is 0.424. The Morgan fingerprint density at radius 3 is 2.68 bits per heavy atom. The third-order valence-electron chi connectivity index (χ3n) is 6.29. The lowest BCUT2D eigenvalue weighted by Gasteiger charge is -2.25. The number of aliphatic hydroxyl groups is 1. The second kappa shape index (κ2) is 10.1. The molecule has 12 nitrogen and oxygen atoms in total. The maximum absolute atomic E-state index is 13.2. The Hall–Kier alpha value is -3.93. The Kier molecular flexibility index (Phi) is 6.82. The number of nitrogens with zero attached hydrogens (tertiary/aromatic N) is 5. The maximum atomic E-state index is 13.2. The molecule has 202 valence electrons. The minimum absolute atomic E-state index is 0.129. The van der Waals surface area contributed by atoms with Gasteiger partial charge in [-0.1, -0.05) is 0 Å². The molecule has 0 aliphatic heterocycles. The highest BCUT2D eigenvalue weighted by Crippen LogP contribution is 2.32. The smallest absolute Gasteiger partial charge is 0.415 e. The first-order valence-electron chi connectivity index (χ1n) is 12.8. The van der Waals surface area contributed by atoms with E-state index in [1.165, 1.54) is 15.6 Å². The lowest BCUT2D eigenvalue weighted by molar-refractivity contribution is 0.0587. The van der Waals surface area contributed by atoms with Gasteiger partial charge in [0.1, 0.15) is 34.6 Å². The molecule has 0 bridgehead atoms. The molecule has 3 heterocycles. The van der Waals surface area contributed by atoms with E-state index in [0.717, 1.165) is 12.8 Å². The van der Waals surface area contributed by atoms with Crippen molar-refractivity contribution in [2.75, 3.05) is 17.3 Å². The van der Waals surface area contributed by atoms with Crippen molar-refractivity contribution in [3.05, 3.63) is 36.2 Å². The first kappa shape index (κ1) is 25.7. The Morgan fingerprint density at radius 1 is 1.21 bits per heavy atom. The zero-order valence-electron chi connectivity index (χ0n) is 22.0. The number of rotatable bonds is 7. The average Bonchev–Trinajstić information content (AvgIpc) is 3.41. The van der Waals surface area contributed by atoms with Gasteiger partial charge in [0.15, 0.2) is 5.65 Å². The molecule has 0 saturated heterocycles. The largest absolute Gasteiger partial charge is 0.473 e. The standard InChI is InChI=1S/C26H33N7O5/c1-26(2,3)38-25(36)32(4)21-13-20(30-19-6-5-11-27-24(19)37-17-9-10-17)31-22-18(14-28-33(21)22)23(35)29-15-7-8-16(34)12-15/h5-6,11,13-17,34H,7-10,12H2,1-4H3,(H,29,35)(H,30,31)/t15?,16-/m0/s1. The highest BCUT2D eigenvalue weighted by Gasteiger charge is 2.29. The number of carbonyl (C=O) groups is 2. The number of fused-ring (bicyclic) bond motifs is 1. The van der Waals surface area contributed by atoms with Crippen LogP contribution in [-0.4, -0.2) is 67.6 Å². The summed E-state index contributed by atoms with van der Waals surface area (Å²) in [4.78, 5) is 36.5. The molecule has 0 spiro atoms. The predicted octanol–water partition coefficient (Wildman–Crippen LogP) is 3.42. The van der Waals surface area contributed by atoms with Crippen molar-refractivity contribution in [2.24, 2.45) is 0 Å². The van der Waals surface area contributed by atoms with Gasteiger partial charge >= 0.3 is 6.09 Å². The molecule has 3 aromatic heterocycles. The highest BCUT2D eigenvalue weighted by molar-refractivity contribution is 6.00. The van der Waals surface area contributed by atoms with Crippen LogP contribution in [0.25, 0.3) is 5.65 Å². The first-order valence-corrected chi connectivity index (χ1v) is 12.8. The van der Waals surface area contributed by atoms with Gasteiger partial charge in [0, 0.05) is 25.4 Å². The van der Waals surface area contributed by atoms with E-state index in [1.54, 1.807) is 46.1 Å². The minimum atomic E-state index is -0.704. The molecule has 38 heavy (non-hydrogen) atoms. The van der Waals surface area contributed by atoms with E-state index >= 15 is 0 Å². The molecule has 1 unspecified atom stereocenters. The van der Waals surface area contributed by atoms with Crippen molar-refractivity contribution in [1.82, 2.24) is 24.9 Å². The monoisotopic (exact) mass is 523 g/mol. The van der Waals surface area contributed by atoms with Gasteiger partial charge in [-0.05, 0) is 65.0 Å². The number of anilines is 3. The highest BCUT2D eigenvalue weighted by atomic mass is 16.6. The second-order valence-corrected chi connectivity index (χ2v) is 10.8. The molecule has 0 aromatic carbocycles. The fraction of sp³-hybridized carbons (Fsp3) is 0.500. The molecule has 12 heteroatoms. The van der Waals surface area contributed by atoms with Crippen molar-refractivity contribution in [3.8, 4) is 5.88 Å². The number of hydrogen-bond donors (Lipinski definition) is 3. The van der Waals surface area contributed by atoms with Crippen molar-refractivity contribution in [3.63, 3.8) is 0 Å². The number of amides is 2. The van der Waals surface area contributed by atoms with Crippen LogP contribution in [-0.2, 0) is 4.74 Å². The summed E-state index contributed by atoms with van der Waals surface area (Å²) in [5.41, 5.74) is 0.400. The van der Waals surface area contributed by atoms with Crippen molar-refractivity contribution in [2.45, 2.75) is 76.7 Å². The summed E-state index contributed by atoms with van der Waals surface area (Å²) in [6.45, 7) is 5.36.